The van der Waals surface area contributed by atoms with E-state index >= 15 is 0 Å². The number of rotatable bonds is 3. The van der Waals surface area contributed by atoms with Crippen molar-refractivity contribution >= 4 is 23.2 Å². The van der Waals surface area contributed by atoms with Crippen molar-refractivity contribution in [1.82, 2.24) is 10.6 Å². The van der Waals surface area contributed by atoms with E-state index in [9.17, 15) is 14.9 Å². The Hall–Kier alpha value is -1.66. The lowest BCUT2D eigenvalue weighted by Crippen LogP contribution is -2.62. The SMILES string of the molecule is CC1(C)CC(NC(=O)c2ccc([N+](=O)[O-])c(Cl)c2)CC(C)(C)N1. The van der Waals surface area contributed by atoms with Crippen LogP contribution in [-0.4, -0.2) is 28.0 Å². The van der Waals surface area contributed by atoms with E-state index in [1.54, 1.807) is 0 Å². The predicted molar refractivity (Wildman–Crippen MR) is 89.9 cm³/mol. The van der Waals surface area contributed by atoms with Crippen LogP contribution in [0.1, 0.15) is 50.9 Å². The number of halogens is 1. The minimum absolute atomic E-state index is 0.0303. The first kappa shape index (κ1) is 17.7. The van der Waals surface area contributed by atoms with Gasteiger partial charge in [-0.3, -0.25) is 14.9 Å². The monoisotopic (exact) mass is 339 g/mol. The molecule has 1 fully saturated rings. The van der Waals surface area contributed by atoms with Gasteiger partial charge in [0, 0.05) is 28.7 Å². The fraction of sp³-hybridized carbons (Fsp3) is 0.562. The largest absolute Gasteiger partial charge is 0.349 e. The molecule has 0 atom stereocenters. The Morgan fingerprint density at radius 3 is 2.35 bits per heavy atom. The molecule has 2 N–H and O–H groups in total. The van der Waals surface area contributed by atoms with Crippen molar-refractivity contribution < 1.29 is 9.72 Å². The van der Waals surface area contributed by atoms with Crippen molar-refractivity contribution in [2.45, 2.75) is 57.7 Å². The third-order valence-corrected chi connectivity index (χ3v) is 4.23. The highest BCUT2D eigenvalue weighted by Crippen LogP contribution is 2.29. The van der Waals surface area contributed by atoms with Crippen LogP contribution < -0.4 is 10.6 Å². The summed E-state index contributed by atoms with van der Waals surface area (Å²) in [5.41, 5.74) is -0.0262. The molecule has 1 heterocycles. The van der Waals surface area contributed by atoms with Crippen LogP contribution in [0.2, 0.25) is 5.02 Å². The maximum atomic E-state index is 12.4. The lowest BCUT2D eigenvalue weighted by atomic mass is 9.79. The molecule has 1 aromatic carbocycles. The summed E-state index contributed by atoms with van der Waals surface area (Å²) in [6.45, 7) is 8.43. The van der Waals surface area contributed by atoms with Crippen LogP contribution in [-0.2, 0) is 0 Å². The quantitative estimate of drug-likeness (QED) is 0.653. The molecule has 1 aromatic rings. The van der Waals surface area contributed by atoms with Gasteiger partial charge in [-0.15, -0.1) is 0 Å². The first-order valence-electron chi connectivity index (χ1n) is 7.53. The molecule has 0 bridgehead atoms. The van der Waals surface area contributed by atoms with Crippen LogP contribution in [0.15, 0.2) is 18.2 Å². The number of hydrogen-bond acceptors (Lipinski definition) is 4. The molecular weight excluding hydrogens is 318 g/mol. The Kier molecular flexibility index (Phi) is 4.69. The zero-order valence-electron chi connectivity index (χ0n) is 13.8. The van der Waals surface area contributed by atoms with Gasteiger partial charge in [0.25, 0.3) is 11.6 Å². The average Bonchev–Trinajstić information content (AvgIpc) is 2.33. The first-order chi connectivity index (χ1) is 10.5. The van der Waals surface area contributed by atoms with Gasteiger partial charge < -0.3 is 10.6 Å². The van der Waals surface area contributed by atoms with E-state index < -0.39 is 4.92 Å². The van der Waals surface area contributed by atoms with Crippen LogP contribution in [0.25, 0.3) is 0 Å². The third kappa shape index (κ3) is 4.42. The molecule has 7 heteroatoms. The summed E-state index contributed by atoms with van der Waals surface area (Å²) in [5, 5.41) is 17.3. The minimum Gasteiger partial charge on any atom is -0.349 e. The van der Waals surface area contributed by atoms with E-state index in [1.165, 1.54) is 18.2 Å². The highest BCUT2D eigenvalue weighted by atomic mass is 35.5. The Morgan fingerprint density at radius 1 is 1.30 bits per heavy atom. The molecule has 6 nitrogen and oxygen atoms in total. The summed E-state index contributed by atoms with van der Waals surface area (Å²) < 4.78 is 0. The van der Waals surface area contributed by atoms with E-state index in [1.807, 2.05) is 0 Å². The molecule has 0 radical (unpaired) electrons. The van der Waals surface area contributed by atoms with Gasteiger partial charge in [-0.25, -0.2) is 0 Å². The van der Waals surface area contributed by atoms with Crippen LogP contribution in [0.4, 0.5) is 5.69 Å². The molecule has 2 rings (SSSR count). The highest BCUT2D eigenvalue weighted by molar-refractivity contribution is 6.33. The van der Waals surface area contributed by atoms with Crippen molar-refractivity contribution in [3.63, 3.8) is 0 Å². The summed E-state index contributed by atoms with van der Waals surface area (Å²) >= 11 is 5.87. The van der Waals surface area contributed by atoms with Gasteiger partial charge in [0.2, 0.25) is 0 Å². The number of carbonyl (C=O) groups excluding carboxylic acids is 1. The van der Waals surface area contributed by atoms with Crippen molar-refractivity contribution in [2.24, 2.45) is 0 Å². The van der Waals surface area contributed by atoms with E-state index in [2.05, 4.69) is 38.3 Å². The maximum Gasteiger partial charge on any atom is 0.287 e. The smallest absolute Gasteiger partial charge is 0.287 e. The molecule has 0 spiro atoms. The normalized spacial score (nSPS) is 20.0. The molecule has 1 amide bonds. The summed E-state index contributed by atoms with van der Waals surface area (Å²) in [6, 6.07) is 4.05. The number of benzene rings is 1. The summed E-state index contributed by atoms with van der Waals surface area (Å²) in [4.78, 5) is 22.6. The Balaban J connectivity index is 2.13. The lowest BCUT2D eigenvalue weighted by molar-refractivity contribution is -0.384. The Morgan fingerprint density at radius 2 is 1.87 bits per heavy atom. The van der Waals surface area contributed by atoms with Gasteiger partial charge in [0.1, 0.15) is 5.02 Å². The molecule has 126 valence electrons. The van der Waals surface area contributed by atoms with Gasteiger partial charge in [0.15, 0.2) is 0 Å². The summed E-state index contributed by atoms with van der Waals surface area (Å²) in [5.74, 6) is -0.264. The van der Waals surface area contributed by atoms with Crippen molar-refractivity contribution in [3.05, 3.63) is 38.9 Å². The topological polar surface area (TPSA) is 84.3 Å². The van der Waals surface area contributed by atoms with E-state index in [0.717, 1.165) is 12.8 Å². The first-order valence-corrected chi connectivity index (χ1v) is 7.91. The maximum absolute atomic E-state index is 12.4. The van der Waals surface area contributed by atoms with Crippen LogP contribution in [0.5, 0.6) is 0 Å². The summed E-state index contributed by atoms with van der Waals surface area (Å²) in [7, 11) is 0. The van der Waals surface area contributed by atoms with Gasteiger partial charge in [-0.1, -0.05) is 11.6 Å². The van der Waals surface area contributed by atoms with Crippen molar-refractivity contribution in [3.8, 4) is 0 Å². The molecule has 23 heavy (non-hydrogen) atoms. The number of nitrogens with zero attached hydrogens (tertiary/aromatic N) is 1. The second-order valence-electron chi connectivity index (χ2n) is 7.39. The zero-order chi connectivity index (χ0) is 17.4. The van der Waals surface area contributed by atoms with E-state index in [0.29, 0.717) is 5.56 Å². The third-order valence-electron chi connectivity index (χ3n) is 3.93. The molecule has 1 aliphatic rings. The molecular formula is C16H22ClN3O3. The minimum atomic E-state index is -0.568. The molecule has 1 saturated heterocycles. The second kappa shape index (κ2) is 6.09. The number of piperidine rings is 1. The Labute approximate surface area is 140 Å². The number of nitro benzene ring substituents is 1. The van der Waals surface area contributed by atoms with Gasteiger partial charge in [0.05, 0.1) is 4.92 Å². The zero-order valence-corrected chi connectivity index (χ0v) is 14.5. The highest BCUT2D eigenvalue weighted by Gasteiger charge is 2.38. The average molecular weight is 340 g/mol. The molecule has 0 aliphatic carbocycles. The predicted octanol–water partition coefficient (Wildman–Crippen LogP) is 3.29. The second-order valence-corrected chi connectivity index (χ2v) is 7.80. The lowest BCUT2D eigenvalue weighted by Gasteiger charge is -2.46. The van der Waals surface area contributed by atoms with E-state index in [4.69, 9.17) is 11.6 Å². The molecule has 1 aliphatic heterocycles. The molecule has 0 unspecified atom stereocenters. The van der Waals surface area contributed by atoms with Gasteiger partial charge in [-0.05, 0) is 52.7 Å². The van der Waals surface area contributed by atoms with Crippen molar-refractivity contribution in [1.29, 1.82) is 0 Å². The van der Waals surface area contributed by atoms with Gasteiger partial charge in [-0.2, -0.15) is 0 Å². The Bertz CT molecular complexity index is 627. The number of nitrogens with one attached hydrogen (secondary N) is 2. The van der Waals surface area contributed by atoms with Crippen LogP contribution in [0.3, 0.4) is 0 Å². The fourth-order valence-electron chi connectivity index (χ4n) is 3.49. The standard InChI is InChI=1S/C16H22ClN3O3/c1-15(2)8-11(9-16(3,4)19-15)18-14(21)10-5-6-13(20(22)23)12(17)7-10/h5-7,11,19H,8-9H2,1-4H3,(H,18,21). The van der Waals surface area contributed by atoms with Crippen LogP contribution >= 0.6 is 11.6 Å². The number of amides is 1. The van der Waals surface area contributed by atoms with E-state index in [-0.39, 0.29) is 33.7 Å². The number of hydrogen-bond donors (Lipinski definition) is 2. The fourth-order valence-corrected chi connectivity index (χ4v) is 3.74. The molecule has 0 saturated carbocycles. The number of nitro groups is 1. The summed E-state index contributed by atoms with van der Waals surface area (Å²) in [6.07, 6.45) is 1.62. The molecule has 0 aromatic heterocycles. The number of carbonyl (C=O) groups is 1. The van der Waals surface area contributed by atoms with Crippen molar-refractivity contribution in [2.75, 3.05) is 0 Å². The van der Waals surface area contributed by atoms with Crippen LogP contribution in [0, 0.1) is 10.1 Å². The van der Waals surface area contributed by atoms with Gasteiger partial charge >= 0.3 is 0 Å².